The normalized spacial score (nSPS) is 17.1. The van der Waals surface area contributed by atoms with Crippen molar-refractivity contribution in [3.63, 3.8) is 0 Å². The van der Waals surface area contributed by atoms with Gasteiger partial charge in [-0.05, 0) is 12.8 Å². The van der Waals surface area contributed by atoms with Crippen LogP contribution in [0.1, 0.15) is 12.8 Å². The third-order valence-electron chi connectivity index (χ3n) is 1.44. The summed E-state index contributed by atoms with van der Waals surface area (Å²) in [5.41, 5.74) is 0. The predicted molar refractivity (Wildman–Crippen MR) is 57.1 cm³/mol. The number of hydrogen-bond acceptors (Lipinski definition) is 2. The monoisotopic (exact) mass is 268 g/mol. The topological polar surface area (TPSA) is 40.5 Å². The minimum absolute atomic E-state index is 0.186. The van der Waals surface area contributed by atoms with Gasteiger partial charge < -0.3 is 10.2 Å². The lowest BCUT2D eigenvalue weighted by molar-refractivity contribution is 0.273. The van der Waals surface area contributed by atoms with Crippen molar-refractivity contribution in [3.05, 3.63) is 0 Å². The average molecular weight is 270 g/mol. The van der Waals surface area contributed by atoms with Crippen LogP contribution < -0.4 is 0 Å². The molecule has 0 aliphatic carbocycles. The minimum Gasteiger partial charge on any atom is -0.395 e. The van der Waals surface area contributed by atoms with Crippen LogP contribution in [0, 0.1) is 0 Å². The highest BCUT2D eigenvalue weighted by Crippen LogP contribution is 2.34. The average Bonchev–Trinajstić information content (AvgIpc) is 2.02. The summed E-state index contributed by atoms with van der Waals surface area (Å²) >= 11 is 23.0. The Kier molecular flexibility index (Phi) is 7.09. The van der Waals surface area contributed by atoms with Crippen molar-refractivity contribution in [1.29, 1.82) is 0 Å². The van der Waals surface area contributed by atoms with Crippen molar-refractivity contribution in [2.45, 2.75) is 27.9 Å². The van der Waals surface area contributed by atoms with Gasteiger partial charge in [0.1, 0.15) is 4.33 Å². The van der Waals surface area contributed by atoms with Gasteiger partial charge in [-0.25, -0.2) is 0 Å². The smallest absolute Gasteiger partial charge is 0.121 e. The van der Waals surface area contributed by atoms with E-state index in [9.17, 15) is 0 Å². The van der Waals surface area contributed by atoms with Crippen LogP contribution in [-0.4, -0.2) is 38.5 Å². The van der Waals surface area contributed by atoms with Gasteiger partial charge in [-0.2, -0.15) is 0 Å². The summed E-state index contributed by atoms with van der Waals surface area (Å²) in [5, 5.41) is 16.3. The molecular formula is C7H12Cl4O2. The summed E-state index contributed by atoms with van der Waals surface area (Å²) in [6, 6.07) is 0. The molecule has 0 fully saturated rings. The van der Waals surface area contributed by atoms with E-state index < -0.39 is 15.1 Å². The Hall–Kier alpha value is 1.08. The van der Waals surface area contributed by atoms with Crippen LogP contribution in [0.4, 0.5) is 0 Å². The zero-order valence-electron chi connectivity index (χ0n) is 6.89. The fraction of sp³-hybridized carbons (Fsp3) is 1.00. The molecule has 0 aliphatic rings. The van der Waals surface area contributed by atoms with Crippen LogP contribution in [0.15, 0.2) is 0 Å². The molecule has 0 heterocycles. The highest BCUT2D eigenvalue weighted by atomic mass is 35.5. The van der Waals surface area contributed by atoms with Crippen LogP contribution in [0.5, 0.6) is 0 Å². The molecule has 0 saturated carbocycles. The Bertz CT molecular complexity index is 128. The molecular weight excluding hydrogens is 258 g/mol. The summed E-state index contributed by atoms with van der Waals surface area (Å²) < 4.78 is -1.09. The van der Waals surface area contributed by atoms with Crippen molar-refractivity contribution in [2.75, 3.05) is 13.2 Å². The standard InChI is InChI=1S/C7H12Cl4O2/c8-5(3-12)1-7(10,11)2-6(9)4-13/h5-6,12-13H,1-4H2. The number of alkyl halides is 4. The number of halogens is 4. The van der Waals surface area contributed by atoms with Crippen molar-refractivity contribution in [1.82, 2.24) is 0 Å². The van der Waals surface area contributed by atoms with E-state index in [-0.39, 0.29) is 26.1 Å². The minimum atomic E-state index is -1.09. The number of hydrogen-bond donors (Lipinski definition) is 2. The molecule has 80 valence electrons. The maximum atomic E-state index is 8.66. The fourth-order valence-corrected chi connectivity index (χ4v) is 2.45. The van der Waals surface area contributed by atoms with Crippen LogP contribution in [0.2, 0.25) is 0 Å². The van der Waals surface area contributed by atoms with Gasteiger partial charge >= 0.3 is 0 Å². The van der Waals surface area contributed by atoms with E-state index in [1.165, 1.54) is 0 Å². The van der Waals surface area contributed by atoms with Gasteiger partial charge in [-0.3, -0.25) is 0 Å². The second-order valence-electron chi connectivity index (χ2n) is 2.82. The highest BCUT2D eigenvalue weighted by molar-refractivity contribution is 6.49. The third-order valence-corrected chi connectivity index (χ3v) is 2.64. The van der Waals surface area contributed by atoms with Crippen LogP contribution in [0.25, 0.3) is 0 Å². The molecule has 0 amide bonds. The predicted octanol–water partition coefficient (Wildman–Crippen LogP) is 2.14. The van der Waals surface area contributed by atoms with E-state index in [1.54, 1.807) is 0 Å². The van der Waals surface area contributed by atoms with Crippen LogP contribution >= 0.6 is 46.4 Å². The molecule has 13 heavy (non-hydrogen) atoms. The molecule has 0 bridgehead atoms. The molecule has 0 aromatic carbocycles. The van der Waals surface area contributed by atoms with Crippen molar-refractivity contribution >= 4 is 46.4 Å². The highest BCUT2D eigenvalue weighted by Gasteiger charge is 2.29. The lowest BCUT2D eigenvalue weighted by Crippen LogP contribution is -2.25. The van der Waals surface area contributed by atoms with Gasteiger partial charge in [0.25, 0.3) is 0 Å². The summed E-state index contributed by atoms with van der Waals surface area (Å²) in [6.45, 7) is -0.371. The van der Waals surface area contributed by atoms with Gasteiger partial charge in [-0.15, -0.1) is 46.4 Å². The SMILES string of the molecule is OCC(Cl)CC(Cl)(Cl)CC(Cl)CO. The molecule has 0 rings (SSSR count). The molecule has 2 N–H and O–H groups in total. The Morgan fingerprint density at radius 3 is 1.46 bits per heavy atom. The van der Waals surface area contributed by atoms with E-state index in [4.69, 9.17) is 56.6 Å². The summed E-state index contributed by atoms with van der Waals surface area (Å²) in [4.78, 5) is 0. The molecule has 0 aromatic heterocycles. The number of aliphatic hydroxyl groups is 2. The molecule has 2 atom stereocenters. The van der Waals surface area contributed by atoms with E-state index in [1.807, 2.05) is 0 Å². The zero-order valence-corrected chi connectivity index (χ0v) is 9.91. The summed E-state index contributed by atoms with van der Waals surface area (Å²) in [5.74, 6) is 0. The van der Waals surface area contributed by atoms with Crippen molar-refractivity contribution in [3.8, 4) is 0 Å². The lowest BCUT2D eigenvalue weighted by Gasteiger charge is -2.23. The maximum absolute atomic E-state index is 8.66. The first-order chi connectivity index (χ1) is 5.91. The largest absolute Gasteiger partial charge is 0.395 e. The zero-order chi connectivity index (χ0) is 10.5. The number of rotatable bonds is 6. The van der Waals surface area contributed by atoms with Gasteiger partial charge in [0.05, 0.1) is 24.0 Å². The Morgan fingerprint density at radius 2 is 1.23 bits per heavy atom. The summed E-state index contributed by atoms with van der Waals surface area (Å²) in [6.07, 6.45) is 0.467. The fourth-order valence-electron chi connectivity index (χ4n) is 0.861. The molecule has 2 unspecified atom stereocenters. The second kappa shape index (κ2) is 6.54. The van der Waals surface area contributed by atoms with E-state index in [0.29, 0.717) is 0 Å². The van der Waals surface area contributed by atoms with Crippen molar-refractivity contribution in [2.24, 2.45) is 0 Å². The molecule has 0 spiro atoms. The van der Waals surface area contributed by atoms with Gasteiger partial charge in [-0.1, -0.05) is 0 Å². The van der Waals surface area contributed by atoms with E-state index >= 15 is 0 Å². The van der Waals surface area contributed by atoms with Crippen LogP contribution in [-0.2, 0) is 0 Å². The maximum Gasteiger partial charge on any atom is 0.121 e. The molecule has 6 heteroatoms. The third kappa shape index (κ3) is 7.06. The molecule has 0 aliphatic heterocycles. The number of aliphatic hydroxyl groups excluding tert-OH is 2. The Balaban J connectivity index is 3.92. The van der Waals surface area contributed by atoms with E-state index in [2.05, 4.69) is 0 Å². The first-order valence-electron chi connectivity index (χ1n) is 3.79. The van der Waals surface area contributed by atoms with Gasteiger partial charge in [0.15, 0.2) is 0 Å². The first kappa shape index (κ1) is 14.1. The quantitative estimate of drug-likeness (QED) is 0.726. The molecule has 0 saturated heterocycles. The Morgan fingerprint density at radius 1 is 0.923 bits per heavy atom. The van der Waals surface area contributed by atoms with Gasteiger partial charge in [0, 0.05) is 0 Å². The molecule has 0 radical (unpaired) electrons. The van der Waals surface area contributed by atoms with Crippen LogP contribution in [0.3, 0.4) is 0 Å². The van der Waals surface area contributed by atoms with Crippen molar-refractivity contribution < 1.29 is 10.2 Å². The second-order valence-corrected chi connectivity index (χ2v) is 5.70. The Labute approximate surface area is 97.7 Å². The molecule has 2 nitrogen and oxygen atoms in total. The lowest BCUT2D eigenvalue weighted by atomic mass is 10.1. The molecule has 0 aromatic rings. The first-order valence-corrected chi connectivity index (χ1v) is 5.42. The van der Waals surface area contributed by atoms with E-state index in [0.717, 1.165) is 0 Å². The van der Waals surface area contributed by atoms with Gasteiger partial charge in [0.2, 0.25) is 0 Å². The summed E-state index contributed by atoms with van der Waals surface area (Å²) in [7, 11) is 0.